The highest BCUT2D eigenvalue weighted by Crippen LogP contribution is 2.46. The lowest BCUT2D eigenvalue weighted by atomic mass is 9.76. The van der Waals surface area contributed by atoms with Gasteiger partial charge in [0.1, 0.15) is 11.5 Å². The fourth-order valence-corrected chi connectivity index (χ4v) is 4.35. The number of nitrogens with zero attached hydrogens (tertiary/aromatic N) is 2. The molecule has 0 saturated carbocycles. The van der Waals surface area contributed by atoms with Crippen LogP contribution in [0.5, 0.6) is 11.5 Å². The molecule has 1 heterocycles. The van der Waals surface area contributed by atoms with Crippen molar-refractivity contribution in [2.45, 2.75) is 31.6 Å². The first kappa shape index (κ1) is 19.7. The smallest absolute Gasteiger partial charge is 0.232 e. The second-order valence-corrected chi connectivity index (χ2v) is 7.39. The van der Waals surface area contributed by atoms with Crippen LogP contribution < -0.4 is 14.4 Å². The van der Waals surface area contributed by atoms with Gasteiger partial charge in [0.25, 0.3) is 0 Å². The lowest BCUT2D eigenvalue weighted by Crippen LogP contribution is -2.40. The zero-order valence-electron chi connectivity index (χ0n) is 17.0. The van der Waals surface area contributed by atoms with E-state index in [4.69, 9.17) is 14.7 Å². The fourth-order valence-electron chi connectivity index (χ4n) is 4.35. The number of nitriles is 1. The van der Waals surface area contributed by atoms with Crippen LogP contribution in [0.3, 0.4) is 0 Å². The predicted molar refractivity (Wildman–Crippen MR) is 111 cm³/mol. The molecule has 0 saturated heterocycles. The van der Waals surface area contributed by atoms with Crippen molar-refractivity contribution in [3.05, 3.63) is 64.9 Å². The molecular weight excluding hydrogens is 380 g/mol. The lowest BCUT2D eigenvalue weighted by Gasteiger charge is -2.38. The summed E-state index contributed by atoms with van der Waals surface area (Å²) in [5.74, 6) is 0.893. The van der Waals surface area contributed by atoms with E-state index >= 15 is 0 Å². The molecule has 2 aliphatic rings. The highest BCUT2D eigenvalue weighted by atomic mass is 16.5. The second-order valence-electron chi connectivity index (χ2n) is 7.39. The quantitative estimate of drug-likeness (QED) is 0.769. The molecule has 0 radical (unpaired) electrons. The number of methoxy groups -OCH3 is 2. The Labute approximate surface area is 175 Å². The van der Waals surface area contributed by atoms with Crippen molar-refractivity contribution in [2.75, 3.05) is 19.1 Å². The standard InChI is InChI=1S/C24H22N2O4/c1-29-17-10-11-22(30-2)18(12-17)19-13-23(28)26(16-8-6-15(14-25)7-9-16)20-4-3-5-21(27)24(19)20/h6-12,19H,3-5,13H2,1-2H3. The summed E-state index contributed by atoms with van der Waals surface area (Å²) < 4.78 is 10.9. The van der Waals surface area contributed by atoms with E-state index in [9.17, 15) is 9.59 Å². The van der Waals surface area contributed by atoms with Crippen LogP contribution in [0.1, 0.15) is 42.7 Å². The summed E-state index contributed by atoms with van der Waals surface area (Å²) in [5, 5.41) is 9.06. The average Bonchev–Trinajstić information content (AvgIpc) is 2.78. The van der Waals surface area contributed by atoms with E-state index < -0.39 is 0 Å². The maximum atomic E-state index is 13.3. The topological polar surface area (TPSA) is 79.6 Å². The molecule has 1 atom stereocenters. The SMILES string of the molecule is COc1ccc(OC)c(C2CC(=O)N(c3ccc(C#N)cc3)C3=C2C(=O)CCC3)c1. The van der Waals surface area contributed by atoms with Crippen LogP contribution in [-0.4, -0.2) is 25.9 Å². The molecule has 0 N–H and O–H groups in total. The van der Waals surface area contributed by atoms with Gasteiger partial charge in [0.2, 0.25) is 5.91 Å². The summed E-state index contributed by atoms with van der Waals surface area (Å²) in [7, 11) is 3.16. The molecule has 2 aromatic rings. The van der Waals surface area contributed by atoms with E-state index in [0.717, 1.165) is 11.3 Å². The zero-order chi connectivity index (χ0) is 21.3. The Morgan fingerprint density at radius 1 is 1.03 bits per heavy atom. The molecule has 0 spiro atoms. The summed E-state index contributed by atoms with van der Waals surface area (Å²) in [5.41, 5.74) is 3.42. The number of rotatable bonds is 4. The van der Waals surface area contributed by atoms with Gasteiger partial charge in [-0.15, -0.1) is 0 Å². The second kappa shape index (κ2) is 8.03. The molecule has 30 heavy (non-hydrogen) atoms. The van der Waals surface area contributed by atoms with Crippen LogP contribution >= 0.6 is 0 Å². The van der Waals surface area contributed by atoms with Crippen molar-refractivity contribution >= 4 is 17.4 Å². The minimum absolute atomic E-state index is 0.0669. The van der Waals surface area contributed by atoms with Gasteiger partial charge in [-0.3, -0.25) is 14.5 Å². The molecule has 1 unspecified atom stereocenters. The van der Waals surface area contributed by atoms with Crippen molar-refractivity contribution in [3.63, 3.8) is 0 Å². The van der Waals surface area contributed by atoms with Crippen molar-refractivity contribution in [1.29, 1.82) is 5.26 Å². The van der Waals surface area contributed by atoms with E-state index in [1.54, 1.807) is 55.5 Å². The molecule has 1 aliphatic heterocycles. The number of anilines is 1. The highest BCUT2D eigenvalue weighted by molar-refractivity contribution is 6.07. The van der Waals surface area contributed by atoms with Crippen LogP contribution in [0.2, 0.25) is 0 Å². The third-order valence-corrected chi connectivity index (χ3v) is 5.74. The molecule has 0 bridgehead atoms. The molecule has 0 aromatic heterocycles. The Kier molecular flexibility index (Phi) is 5.28. The molecule has 4 rings (SSSR count). The van der Waals surface area contributed by atoms with Crippen molar-refractivity contribution in [3.8, 4) is 17.6 Å². The van der Waals surface area contributed by atoms with Crippen LogP contribution in [0.25, 0.3) is 0 Å². The van der Waals surface area contributed by atoms with Gasteiger partial charge in [-0.05, 0) is 55.3 Å². The van der Waals surface area contributed by atoms with Gasteiger partial charge in [0.05, 0.1) is 25.9 Å². The monoisotopic (exact) mass is 402 g/mol. The Morgan fingerprint density at radius 3 is 2.47 bits per heavy atom. The number of ketones is 1. The summed E-state index contributed by atoms with van der Waals surface area (Å²) in [6.07, 6.45) is 1.99. The number of benzene rings is 2. The number of ether oxygens (including phenoxy) is 2. The number of hydrogen-bond donors (Lipinski definition) is 0. The van der Waals surface area contributed by atoms with Crippen LogP contribution in [0, 0.1) is 11.3 Å². The van der Waals surface area contributed by atoms with Crippen LogP contribution in [-0.2, 0) is 9.59 Å². The number of hydrogen-bond acceptors (Lipinski definition) is 5. The minimum atomic E-state index is -0.375. The normalized spacial score (nSPS) is 18.7. The van der Waals surface area contributed by atoms with Gasteiger partial charge in [0.15, 0.2) is 5.78 Å². The third kappa shape index (κ3) is 3.33. The number of carbonyl (C=O) groups is 2. The van der Waals surface area contributed by atoms with Gasteiger partial charge in [0, 0.05) is 41.3 Å². The van der Waals surface area contributed by atoms with Crippen molar-refractivity contribution in [1.82, 2.24) is 0 Å². The average molecular weight is 402 g/mol. The van der Waals surface area contributed by atoms with Crippen LogP contribution in [0.15, 0.2) is 53.7 Å². The van der Waals surface area contributed by atoms with Crippen molar-refractivity contribution in [2.24, 2.45) is 0 Å². The summed E-state index contributed by atoms with van der Waals surface area (Å²) in [4.78, 5) is 28.0. The molecule has 152 valence electrons. The third-order valence-electron chi connectivity index (χ3n) is 5.74. The molecule has 1 aliphatic carbocycles. The summed E-state index contributed by atoms with van der Waals surface area (Å²) >= 11 is 0. The molecule has 1 amide bonds. The predicted octanol–water partition coefficient (Wildman–Crippen LogP) is 4.10. The summed E-state index contributed by atoms with van der Waals surface area (Å²) in [6.45, 7) is 0. The Balaban J connectivity index is 1.87. The lowest BCUT2D eigenvalue weighted by molar-refractivity contribution is -0.119. The number of Topliss-reactive ketones (excluding diaryl/α,β-unsaturated/α-hetero) is 1. The van der Waals surface area contributed by atoms with E-state index in [2.05, 4.69) is 6.07 Å². The molecule has 0 fully saturated rings. The van der Waals surface area contributed by atoms with Gasteiger partial charge in [-0.2, -0.15) is 5.26 Å². The first-order valence-corrected chi connectivity index (χ1v) is 9.88. The number of carbonyl (C=O) groups excluding carboxylic acids is 2. The fraction of sp³-hybridized carbons (Fsp3) is 0.292. The molecule has 6 nitrogen and oxygen atoms in total. The van der Waals surface area contributed by atoms with E-state index in [1.807, 2.05) is 6.07 Å². The molecule has 2 aromatic carbocycles. The van der Waals surface area contributed by atoms with Gasteiger partial charge < -0.3 is 9.47 Å². The van der Waals surface area contributed by atoms with Crippen LogP contribution in [0.4, 0.5) is 5.69 Å². The largest absolute Gasteiger partial charge is 0.497 e. The Bertz CT molecular complexity index is 1080. The Hall–Kier alpha value is -3.59. The van der Waals surface area contributed by atoms with E-state index in [0.29, 0.717) is 47.6 Å². The first-order valence-electron chi connectivity index (χ1n) is 9.88. The molecule has 6 heteroatoms. The maximum absolute atomic E-state index is 13.3. The zero-order valence-corrected chi connectivity index (χ0v) is 17.0. The highest BCUT2D eigenvalue weighted by Gasteiger charge is 2.40. The number of amides is 1. The molecular formula is C24H22N2O4. The first-order chi connectivity index (χ1) is 14.6. The van der Waals surface area contributed by atoms with E-state index in [-0.39, 0.29) is 24.0 Å². The maximum Gasteiger partial charge on any atom is 0.232 e. The van der Waals surface area contributed by atoms with Crippen molar-refractivity contribution < 1.29 is 19.1 Å². The van der Waals surface area contributed by atoms with Gasteiger partial charge >= 0.3 is 0 Å². The van der Waals surface area contributed by atoms with Gasteiger partial charge in [-0.1, -0.05) is 0 Å². The Morgan fingerprint density at radius 2 is 1.80 bits per heavy atom. The van der Waals surface area contributed by atoms with Gasteiger partial charge in [-0.25, -0.2) is 0 Å². The minimum Gasteiger partial charge on any atom is -0.497 e. The summed E-state index contributed by atoms with van der Waals surface area (Å²) in [6, 6.07) is 14.4. The van der Waals surface area contributed by atoms with E-state index in [1.165, 1.54) is 0 Å². The number of allylic oxidation sites excluding steroid dienone is 2.